The Morgan fingerprint density at radius 1 is 1.41 bits per heavy atom. The fourth-order valence-electron chi connectivity index (χ4n) is 1.18. The van der Waals surface area contributed by atoms with Crippen LogP contribution in [-0.4, -0.2) is 27.7 Å². The summed E-state index contributed by atoms with van der Waals surface area (Å²) in [6.07, 6.45) is -3.46. The van der Waals surface area contributed by atoms with Crippen molar-refractivity contribution >= 4 is 5.95 Å². The van der Waals surface area contributed by atoms with E-state index < -0.39 is 11.9 Å². The molecular formula is C10H14F3N3O. The highest BCUT2D eigenvalue weighted by Crippen LogP contribution is 2.27. The van der Waals surface area contributed by atoms with E-state index >= 15 is 0 Å². The summed E-state index contributed by atoms with van der Waals surface area (Å²) in [4.78, 5) is 7.05. The van der Waals surface area contributed by atoms with E-state index in [1.165, 1.54) is 0 Å². The number of hydrogen-bond acceptors (Lipinski definition) is 4. The molecule has 0 aromatic carbocycles. The van der Waals surface area contributed by atoms with E-state index in [0.717, 1.165) is 12.3 Å². The lowest BCUT2D eigenvalue weighted by Crippen LogP contribution is -2.30. The standard InChI is InChI=1S/C10H14F3N3O/c1-6(2)7(5-17)15-9-14-4-3-8(16-9)10(11,12)13/h3-4,6-7,17H,5H2,1-2H3,(H,14,15,16). The largest absolute Gasteiger partial charge is 0.433 e. The number of aliphatic hydroxyl groups excluding tert-OH is 1. The van der Waals surface area contributed by atoms with Crippen molar-refractivity contribution in [1.29, 1.82) is 0 Å². The van der Waals surface area contributed by atoms with Crippen LogP contribution in [0, 0.1) is 5.92 Å². The number of alkyl halides is 3. The van der Waals surface area contributed by atoms with E-state index in [2.05, 4.69) is 15.3 Å². The zero-order valence-corrected chi connectivity index (χ0v) is 9.49. The minimum atomic E-state index is -4.49. The summed E-state index contributed by atoms with van der Waals surface area (Å²) in [5.41, 5.74) is -1.00. The van der Waals surface area contributed by atoms with E-state index in [-0.39, 0.29) is 24.5 Å². The molecule has 96 valence electrons. The van der Waals surface area contributed by atoms with Crippen molar-refractivity contribution < 1.29 is 18.3 Å². The van der Waals surface area contributed by atoms with Gasteiger partial charge in [-0.2, -0.15) is 13.2 Å². The Bertz CT molecular complexity index is 368. The van der Waals surface area contributed by atoms with Gasteiger partial charge in [-0.05, 0) is 12.0 Å². The van der Waals surface area contributed by atoms with Crippen LogP contribution in [0.3, 0.4) is 0 Å². The molecule has 0 aliphatic heterocycles. The Balaban J connectivity index is 2.85. The van der Waals surface area contributed by atoms with Crippen LogP contribution in [0.4, 0.5) is 19.1 Å². The molecule has 0 radical (unpaired) electrons. The van der Waals surface area contributed by atoms with Crippen molar-refractivity contribution in [3.8, 4) is 0 Å². The molecule has 0 fully saturated rings. The Kier molecular flexibility index (Phi) is 4.28. The van der Waals surface area contributed by atoms with Crippen molar-refractivity contribution in [3.05, 3.63) is 18.0 Å². The van der Waals surface area contributed by atoms with Gasteiger partial charge in [0.05, 0.1) is 12.6 Å². The van der Waals surface area contributed by atoms with Crippen molar-refractivity contribution in [3.63, 3.8) is 0 Å². The Hall–Kier alpha value is -1.37. The maximum Gasteiger partial charge on any atom is 0.433 e. The summed E-state index contributed by atoms with van der Waals surface area (Å²) in [5, 5.41) is 11.7. The number of anilines is 1. The zero-order valence-electron chi connectivity index (χ0n) is 9.49. The summed E-state index contributed by atoms with van der Waals surface area (Å²) in [5.74, 6) is -0.0780. The van der Waals surface area contributed by atoms with Gasteiger partial charge >= 0.3 is 6.18 Å². The molecule has 1 rings (SSSR count). The van der Waals surface area contributed by atoms with Gasteiger partial charge in [0.25, 0.3) is 0 Å². The second-order valence-electron chi connectivity index (χ2n) is 3.94. The molecule has 1 atom stereocenters. The second kappa shape index (κ2) is 5.31. The van der Waals surface area contributed by atoms with Crippen molar-refractivity contribution in [2.24, 2.45) is 5.92 Å². The molecule has 17 heavy (non-hydrogen) atoms. The highest BCUT2D eigenvalue weighted by atomic mass is 19.4. The summed E-state index contributed by atoms with van der Waals surface area (Å²) >= 11 is 0. The summed E-state index contributed by atoms with van der Waals surface area (Å²) < 4.78 is 37.1. The maximum absolute atomic E-state index is 12.4. The van der Waals surface area contributed by atoms with Crippen LogP contribution in [0.15, 0.2) is 12.3 Å². The number of rotatable bonds is 4. The van der Waals surface area contributed by atoms with E-state index in [0.29, 0.717) is 0 Å². The van der Waals surface area contributed by atoms with E-state index in [1.807, 2.05) is 13.8 Å². The maximum atomic E-state index is 12.4. The molecule has 0 saturated heterocycles. The third-order valence-corrected chi connectivity index (χ3v) is 2.26. The predicted octanol–water partition coefficient (Wildman–Crippen LogP) is 1.92. The van der Waals surface area contributed by atoms with Gasteiger partial charge in [-0.1, -0.05) is 13.8 Å². The van der Waals surface area contributed by atoms with E-state index in [9.17, 15) is 13.2 Å². The normalized spacial score (nSPS) is 13.8. The fourth-order valence-corrected chi connectivity index (χ4v) is 1.18. The van der Waals surface area contributed by atoms with Gasteiger partial charge in [-0.3, -0.25) is 0 Å². The molecule has 0 bridgehead atoms. The molecule has 0 spiro atoms. The molecule has 0 saturated carbocycles. The van der Waals surface area contributed by atoms with Crippen molar-refractivity contribution in [1.82, 2.24) is 9.97 Å². The van der Waals surface area contributed by atoms with Crippen molar-refractivity contribution in [2.45, 2.75) is 26.1 Å². The Labute approximate surface area is 96.9 Å². The number of aliphatic hydroxyl groups is 1. The molecule has 1 aromatic rings. The SMILES string of the molecule is CC(C)C(CO)Nc1nccc(C(F)(F)F)n1. The van der Waals surface area contributed by atoms with Gasteiger partial charge in [-0.25, -0.2) is 9.97 Å². The first kappa shape index (κ1) is 13.7. The second-order valence-corrected chi connectivity index (χ2v) is 3.94. The van der Waals surface area contributed by atoms with Crippen molar-refractivity contribution in [2.75, 3.05) is 11.9 Å². The number of nitrogens with one attached hydrogen (secondary N) is 1. The number of hydrogen-bond donors (Lipinski definition) is 2. The third-order valence-electron chi connectivity index (χ3n) is 2.26. The predicted molar refractivity (Wildman–Crippen MR) is 56.4 cm³/mol. The van der Waals surface area contributed by atoms with Crippen LogP contribution in [0.5, 0.6) is 0 Å². The quantitative estimate of drug-likeness (QED) is 0.856. The van der Waals surface area contributed by atoms with E-state index in [1.54, 1.807) is 0 Å². The monoisotopic (exact) mass is 249 g/mol. The topological polar surface area (TPSA) is 58.0 Å². The van der Waals surface area contributed by atoms with Crippen LogP contribution in [-0.2, 0) is 6.18 Å². The molecule has 7 heteroatoms. The summed E-state index contributed by atoms with van der Waals surface area (Å²) in [7, 11) is 0. The van der Waals surface area contributed by atoms with Crippen LogP contribution in [0.25, 0.3) is 0 Å². The third kappa shape index (κ3) is 3.85. The van der Waals surface area contributed by atoms with Gasteiger partial charge in [0.15, 0.2) is 0 Å². The molecule has 4 nitrogen and oxygen atoms in total. The smallest absolute Gasteiger partial charge is 0.394 e. The number of nitrogens with zero attached hydrogens (tertiary/aromatic N) is 2. The summed E-state index contributed by atoms with van der Waals surface area (Å²) in [6.45, 7) is 3.47. The van der Waals surface area contributed by atoms with Crippen LogP contribution < -0.4 is 5.32 Å². The minimum Gasteiger partial charge on any atom is -0.394 e. The number of aromatic nitrogens is 2. The molecule has 1 unspecified atom stereocenters. The highest BCUT2D eigenvalue weighted by Gasteiger charge is 2.32. The first-order valence-corrected chi connectivity index (χ1v) is 5.12. The van der Waals surface area contributed by atoms with Crippen LogP contribution in [0.2, 0.25) is 0 Å². The average Bonchev–Trinajstić information content (AvgIpc) is 2.24. The first-order chi connectivity index (χ1) is 7.84. The molecule has 1 aromatic heterocycles. The van der Waals surface area contributed by atoms with Crippen LogP contribution >= 0.6 is 0 Å². The lowest BCUT2D eigenvalue weighted by Gasteiger charge is -2.20. The van der Waals surface area contributed by atoms with Crippen LogP contribution in [0.1, 0.15) is 19.5 Å². The Morgan fingerprint density at radius 2 is 2.06 bits per heavy atom. The zero-order chi connectivity index (χ0) is 13.1. The highest BCUT2D eigenvalue weighted by molar-refractivity contribution is 5.27. The van der Waals surface area contributed by atoms with Gasteiger partial charge in [0, 0.05) is 6.20 Å². The Morgan fingerprint density at radius 3 is 2.53 bits per heavy atom. The van der Waals surface area contributed by atoms with Gasteiger partial charge in [0.1, 0.15) is 5.69 Å². The lowest BCUT2D eigenvalue weighted by atomic mass is 10.1. The average molecular weight is 249 g/mol. The molecule has 0 amide bonds. The fraction of sp³-hybridized carbons (Fsp3) is 0.600. The number of halogens is 3. The molecule has 0 aliphatic rings. The molecular weight excluding hydrogens is 235 g/mol. The summed E-state index contributed by atoms with van der Waals surface area (Å²) in [6, 6.07) is 0.424. The molecule has 0 aliphatic carbocycles. The molecule has 2 N–H and O–H groups in total. The molecule has 1 heterocycles. The van der Waals surface area contributed by atoms with Gasteiger partial charge < -0.3 is 10.4 Å². The van der Waals surface area contributed by atoms with Gasteiger partial charge in [0.2, 0.25) is 5.95 Å². The van der Waals surface area contributed by atoms with E-state index in [4.69, 9.17) is 5.11 Å². The first-order valence-electron chi connectivity index (χ1n) is 5.12. The minimum absolute atomic E-state index is 0.0538. The lowest BCUT2D eigenvalue weighted by molar-refractivity contribution is -0.141. The van der Waals surface area contributed by atoms with Gasteiger partial charge in [-0.15, -0.1) is 0 Å².